The molecule has 1 fully saturated rings. The van der Waals surface area contributed by atoms with E-state index in [2.05, 4.69) is 37.4 Å². The smallest absolute Gasteiger partial charge is 0.310 e. The molecule has 2 rings (SSSR count). The van der Waals surface area contributed by atoms with Gasteiger partial charge in [0.2, 0.25) is 5.91 Å². The lowest BCUT2D eigenvalue weighted by molar-refractivity contribution is -0.157. The summed E-state index contributed by atoms with van der Waals surface area (Å²) in [7, 11) is 0. The summed E-state index contributed by atoms with van der Waals surface area (Å²) in [5, 5.41) is 12.1. The fourth-order valence-electron chi connectivity index (χ4n) is 3.00. The number of hydrogen-bond acceptors (Lipinski definition) is 2. The van der Waals surface area contributed by atoms with Gasteiger partial charge in [-0.1, -0.05) is 35.7 Å². The number of nitrogens with one attached hydrogen (secondary N) is 1. The van der Waals surface area contributed by atoms with Crippen LogP contribution in [0.5, 0.6) is 0 Å². The van der Waals surface area contributed by atoms with Gasteiger partial charge in [0.05, 0.1) is 5.41 Å². The molecule has 0 radical (unpaired) electrons. The van der Waals surface area contributed by atoms with Crippen molar-refractivity contribution in [3.63, 3.8) is 0 Å². The molecule has 1 saturated carbocycles. The highest BCUT2D eigenvalue weighted by Crippen LogP contribution is 2.44. The molecule has 21 heavy (non-hydrogen) atoms. The van der Waals surface area contributed by atoms with E-state index in [4.69, 9.17) is 0 Å². The number of rotatable bonds is 6. The van der Waals surface area contributed by atoms with Gasteiger partial charge in [-0.2, -0.15) is 0 Å². The molecule has 0 saturated heterocycles. The second-order valence-corrected chi connectivity index (χ2v) is 6.21. The first-order chi connectivity index (χ1) is 9.91. The number of aliphatic carboxylic acids is 1. The number of benzene rings is 1. The summed E-state index contributed by atoms with van der Waals surface area (Å²) < 4.78 is 0. The van der Waals surface area contributed by atoms with Crippen LogP contribution in [0.1, 0.15) is 42.4 Å². The zero-order valence-corrected chi connectivity index (χ0v) is 12.7. The van der Waals surface area contributed by atoms with E-state index in [-0.39, 0.29) is 12.3 Å². The Balaban J connectivity index is 1.80. The van der Waals surface area contributed by atoms with Crippen LogP contribution < -0.4 is 5.32 Å². The first-order valence-electron chi connectivity index (χ1n) is 7.49. The molecule has 1 aliphatic rings. The highest BCUT2D eigenvalue weighted by atomic mass is 16.4. The number of carbonyl (C=O) groups is 2. The summed E-state index contributed by atoms with van der Waals surface area (Å²) in [6.45, 7) is 4.67. The van der Waals surface area contributed by atoms with Crippen molar-refractivity contribution in [2.24, 2.45) is 5.41 Å². The standard InChI is InChI=1S/C17H23NO3/c1-12-8-13(2)10-14(9-12)4-7-18-15(19)11-17(16(20)21)5-3-6-17/h8-10H,3-7,11H2,1-2H3,(H,18,19)(H,20,21). The van der Waals surface area contributed by atoms with Crippen LogP contribution in [-0.4, -0.2) is 23.5 Å². The number of carbonyl (C=O) groups excluding carboxylic acids is 1. The number of aryl methyl sites for hydroxylation is 2. The molecule has 1 amide bonds. The van der Waals surface area contributed by atoms with E-state index in [1.807, 2.05) is 0 Å². The van der Waals surface area contributed by atoms with Crippen LogP contribution in [-0.2, 0) is 16.0 Å². The first kappa shape index (κ1) is 15.5. The summed E-state index contributed by atoms with van der Waals surface area (Å²) in [6.07, 6.45) is 3.02. The minimum absolute atomic E-state index is 0.106. The number of amides is 1. The van der Waals surface area contributed by atoms with Crippen molar-refractivity contribution in [2.45, 2.75) is 46.0 Å². The highest BCUT2D eigenvalue weighted by molar-refractivity contribution is 5.85. The third kappa shape index (κ3) is 3.84. The molecular formula is C17H23NO3. The Morgan fingerprint density at radius 1 is 1.19 bits per heavy atom. The van der Waals surface area contributed by atoms with E-state index >= 15 is 0 Å². The predicted molar refractivity (Wildman–Crippen MR) is 81.2 cm³/mol. The SMILES string of the molecule is Cc1cc(C)cc(CCNC(=O)CC2(C(=O)O)CCC2)c1. The monoisotopic (exact) mass is 289 g/mol. The van der Waals surface area contributed by atoms with Crippen molar-refractivity contribution >= 4 is 11.9 Å². The van der Waals surface area contributed by atoms with Crippen LogP contribution in [0.3, 0.4) is 0 Å². The molecule has 0 aliphatic heterocycles. The molecule has 1 aliphatic carbocycles. The Bertz CT molecular complexity index is 527. The maximum absolute atomic E-state index is 11.9. The van der Waals surface area contributed by atoms with Gasteiger partial charge in [0, 0.05) is 13.0 Å². The van der Waals surface area contributed by atoms with E-state index < -0.39 is 11.4 Å². The van der Waals surface area contributed by atoms with E-state index in [0.717, 1.165) is 12.8 Å². The van der Waals surface area contributed by atoms with Crippen LogP contribution in [0.4, 0.5) is 0 Å². The number of hydrogen-bond donors (Lipinski definition) is 2. The van der Waals surface area contributed by atoms with Gasteiger partial charge in [0.25, 0.3) is 0 Å². The highest BCUT2D eigenvalue weighted by Gasteiger charge is 2.45. The van der Waals surface area contributed by atoms with Crippen molar-refractivity contribution in [1.82, 2.24) is 5.32 Å². The van der Waals surface area contributed by atoms with Gasteiger partial charge in [0.15, 0.2) is 0 Å². The summed E-state index contributed by atoms with van der Waals surface area (Å²) in [5.74, 6) is -0.986. The molecule has 114 valence electrons. The summed E-state index contributed by atoms with van der Waals surface area (Å²) in [4.78, 5) is 23.1. The Hall–Kier alpha value is -1.84. The third-order valence-corrected chi connectivity index (χ3v) is 4.28. The maximum Gasteiger partial charge on any atom is 0.310 e. The van der Waals surface area contributed by atoms with Crippen LogP contribution in [0, 0.1) is 19.3 Å². The fraction of sp³-hybridized carbons (Fsp3) is 0.529. The number of carboxylic acid groups (broad SMARTS) is 1. The van der Waals surface area contributed by atoms with Gasteiger partial charge in [-0.25, -0.2) is 0 Å². The second kappa shape index (κ2) is 6.29. The molecule has 4 nitrogen and oxygen atoms in total. The Morgan fingerprint density at radius 3 is 2.29 bits per heavy atom. The summed E-state index contributed by atoms with van der Waals surface area (Å²) >= 11 is 0. The average Bonchev–Trinajstić information content (AvgIpc) is 2.32. The molecule has 2 N–H and O–H groups in total. The molecule has 0 atom stereocenters. The normalized spacial score (nSPS) is 16.1. The van der Waals surface area contributed by atoms with E-state index in [1.165, 1.54) is 16.7 Å². The number of carboxylic acids is 1. The Morgan fingerprint density at radius 2 is 1.81 bits per heavy atom. The Labute approximate surface area is 125 Å². The van der Waals surface area contributed by atoms with Gasteiger partial charge in [-0.05, 0) is 38.7 Å². The third-order valence-electron chi connectivity index (χ3n) is 4.28. The van der Waals surface area contributed by atoms with Crippen LogP contribution in [0.25, 0.3) is 0 Å². The van der Waals surface area contributed by atoms with Gasteiger partial charge < -0.3 is 10.4 Å². The molecule has 0 unspecified atom stereocenters. The van der Waals surface area contributed by atoms with Gasteiger partial charge in [-0.15, -0.1) is 0 Å². The molecule has 0 spiro atoms. The van der Waals surface area contributed by atoms with Gasteiger partial charge in [-0.3, -0.25) is 9.59 Å². The van der Waals surface area contributed by atoms with E-state index in [1.54, 1.807) is 0 Å². The molecule has 0 bridgehead atoms. The summed E-state index contributed by atoms with van der Waals surface area (Å²) in [6, 6.07) is 6.35. The second-order valence-electron chi connectivity index (χ2n) is 6.21. The topological polar surface area (TPSA) is 66.4 Å². The van der Waals surface area contributed by atoms with Crippen LogP contribution in [0.2, 0.25) is 0 Å². The molecule has 0 heterocycles. The van der Waals surface area contributed by atoms with E-state index in [9.17, 15) is 14.7 Å². The van der Waals surface area contributed by atoms with E-state index in [0.29, 0.717) is 19.4 Å². The zero-order chi connectivity index (χ0) is 15.5. The van der Waals surface area contributed by atoms with Gasteiger partial charge in [0.1, 0.15) is 0 Å². The predicted octanol–water partition coefficient (Wildman–Crippen LogP) is 2.61. The molecule has 0 aromatic heterocycles. The summed E-state index contributed by atoms with van der Waals surface area (Å²) in [5.41, 5.74) is 2.83. The van der Waals surface area contributed by atoms with Crippen LogP contribution in [0.15, 0.2) is 18.2 Å². The molecule has 4 heteroatoms. The minimum Gasteiger partial charge on any atom is -0.481 e. The first-order valence-corrected chi connectivity index (χ1v) is 7.49. The van der Waals surface area contributed by atoms with Crippen molar-refractivity contribution in [2.75, 3.05) is 6.54 Å². The quantitative estimate of drug-likeness (QED) is 0.846. The van der Waals surface area contributed by atoms with Gasteiger partial charge >= 0.3 is 5.97 Å². The maximum atomic E-state index is 11.9. The van der Waals surface area contributed by atoms with Crippen LogP contribution >= 0.6 is 0 Å². The lowest BCUT2D eigenvalue weighted by atomic mass is 9.66. The fourth-order valence-corrected chi connectivity index (χ4v) is 3.00. The minimum atomic E-state index is -0.835. The van der Waals surface area contributed by atoms with Crippen molar-refractivity contribution in [3.8, 4) is 0 Å². The average molecular weight is 289 g/mol. The lowest BCUT2D eigenvalue weighted by Crippen LogP contribution is -2.42. The molecule has 1 aromatic carbocycles. The zero-order valence-electron chi connectivity index (χ0n) is 12.7. The molecular weight excluding hydrogens is 266 g/mol. The van der Waals surface area contributed by atoms with Crippen molar-refractivity contribution in [1.29, 1.82) is 0 Å². The molecule has 1 aromatic rings. The largest absolute Gasteiger partial charge is 0.481 e. The van der Waals surface area contributed by atoms with Crippen molar-refractivity contribution < 1.29 is 14.7 Å². The lowest BCUT2D eigenvalue weighted by Gasteiger charge is -2.36. The Kier molecular flexibility index (Phi) is 4.66. The van der Waals surface area contributed by atoms with Crippen molar-refractivity contribution in [3.05, 3.63) is 34.9 Å².